The number of ether oxygens (including phenoxy) is 1. The second kappa shape index (κ2) is 9.04. The van der Waals surface area contributed by atoms with E-state index < -0.39 is 0 Å². The number of aromatic nitrogens is 5. The summed E-state index contributed by atoms with van der Waals surface area (Å²) in [6.45, 7) is 3.50. The molecule has 1 aromatic carbocycles. The van der Waals surface area contributed by atoms with Gasteiger partial charge in [-0.2, -0.15) is 0 Å². The molecule has 1 saturated heterocycles. The molecular formula is C24H24FN9O2. The van der Waals surface area contributed by atoms with Crippen LogP contribution in [0.4, 0.5) is 26.6 Å². The molecule has 3 N–H and O–H groups in total. The molecule has 2 amide bonds. The minimum atomic E-state index is -0.352. The Bertz CT molecular complexity index is 1420. The zero-order chi connectivity index (χ0) is 24.6. The Morgan fingerprint density at radius 1 is 1.06 bits per heavy atom. The van der Waals surface area contributed by atoms with Crippen molar-refractivity contribution >= 4 is 29.1 Å². The Balaban J connectivity index is 1.35. The summed E-state index contributed by atoms with van der Waals surface area (Å²) in [5, 5.41) is 2.83. The van der Waals surface area contributed by atoms with Gasteiger partial charge in [0.15, 0.2) is 11.5 Å². The standard InChI is InChI=1S/C24H24FN9O2/c25-16-1-3-17(4-2-16)29-24(35)33-6-5-20-19(13-33)31-22-21(32-7-9-36-10-8-32)30-18(14-34(20)22)15-11-27-23(26)28-12-15/h1-4,11-12,14H,5-10,13H2,(H,29,35)(H2,26,27,28). The van der Waals surface area contributed by atoms with Crippen molar-refractivity contribution in [3.05, 3.63) is 60.1 Å². The number of imidazole rings is 1. The van der Waals surface area contributed by atoms with Gasteiger partial charge in [-0.3, -0.25) is 4.40 Å². The molecule has 0 spiro atoms. The number of nitrogens with two attached hydrogens (primary N) is 1. The highest BCUT2D eigenvalue weighted by atomic mass is 19.1. The highest BCUT2D eigenvalue weighted by molar-refractivity contribution is 5.89. The second-order valence-electron chi connectivity index (χ2n) is 8.69. The monoisotopic (exact) mass is 489 g/mol. The fourth-order valence-electron chi connectivity index (χ4n) is 4.52. The lowest BCUT2D eigenvalue weighted by molar-refractivity contribution is 0.122. The normalized spacial score (nSPS) is 15.7. The van der Waals surface area contributed by atoms with Gasteiger partial charge in [0.25, 0.3) is 0 Å². The molecule has 2 aliphatic rings. The molecule has 0 saturated carbocycles. The summed E-state index contributed by atoms with van der Waals surface area (Å²) < 4.78 is 20.8. The van der Waals surface area contributed by atoms with E-state index in [0.29, 0.717) is 57.2 Å². The SMILES string of the molecule is Nc1ncc(-c2cn3c4c(nc3c(N3CCOCC3)n2)CN(C(=O)Nc2ccc(F)cc2)CC4)cn1. The van der Waals surface area contributed by atoms with Crippen molar-refractivity contribution in [2.45, 2.75) is 13.0 Å². The van der Waals surface area contributed by atoms with Crippen LogP contribution in [0.25, 0.3) is 16.9 Å². The predicted molar refractivity (Wildman–Crippen MR) is 131 cm³/mol. The third-order valence-electron chi connectivity index (χ3n) is 6.39. The summed E-state index contributed by atoms with van der Waals surface area (Å²) in [4.78, 5) is 34.8. The lowest BCUT2D eigenvalue weighted by atomic mass is 10.1. The third-order valence-corrected chi connectivity index (χ3v) is 6.39. The molecule has 2 aliphatic heterocycles. The number of halogens is 1. The number of amides is 2. The van der Waals surface area contributed by atoms with Crippen LogP contribution in [0.15, 0.2) is 42.9 Å². The Hall–Kier alpha value is -4.32. The van der Waals surface area contributed by atoms with Gasteiger partial charge in [0, 0.05) is 61.6 Å². The van der Waals surface area contributed by atoms with Crippen molar-refractivity contribution in [3.8, 4) is 11.3 Å². The Labute approximate surface area is 205 Å². The van der Waals surface area contributed by atoms with E-state index in [1.165, 1.54) is 24.3 Å². The first-order chi connectivity index (χ1) is 17.5. The maximum atomic E-state index is 13.2. The molecular weight excluding hydrogens is 465 g/mol. The van der Waals surface area contributed by atoms with E-state index in [1.54, 1.807) is 17.3 Å². The van der Waals surface area contributed by atoms with Crippen LogP contribution in [-0.4, -0.2) is 68.1 Å². The number of nitrogen functional groups attached to an aromatic ring is 1. The molecule has 3 aromatic heterocycles. The van der Waals surface area contributed by atoms with E-state index in [4.69, 9.17) is 20.4 Å². The quantitative estimate of drug-likeness (QED) is 0.449. The predicted octanol–water partition coefficient (Wildman–Crippen LogP) is 2.33. The summed E-state index contributed by atoms with van der Waals surface area (Å²) in [7, 11) is 0. The maximum Gasteiger partial charge on any atom is 0.322 e. The van der Waals surface area contributed by atoms with Crippen LogP contribution in [0.5, 0.6) is 0 Å². The van der Waals surface area contributed by atoms with Crippen molar-refractivity contribution in [2.75, 3.05) is 48.8 Å². The number of carbonyl (C=O) groups excluding carboxylic acids is 1. The summed E-state index contributed by atoms with van der Waals surface area (Å²) in [5.41, 5.74) is 10.3. The Morgan fingerprint density at radius 2 is 1.81 bits per heavy atom. The molecule has 0 atom stereocenters. The molecule has 1 fully saturated rings. The average Bonchev–Trinajstić information content (AvgIpc) is 3.28. The van der Waals surface area contributed by atoms with Crippen molar-refractivity contribution in [1.29, 1.82) is 0 Å². The fourth-order valence-corrected chi connectivity index (χ4v) is 4.52. The molecule has 6 rings (SSSR count). The van der Waals surface area contributed by atoms with Gasteiger partial charge in [-0.25, -0.2) is 29.1 Å². The molecule has 184 valence electrons. The van der Waals surface area contributed by atoms with Gasteiger partial charge in [0.2, 0.25) is 5.95 Å². The van der Waals surface area contributed by atoms with E-state index >= 15 is 0 Å². The average molecular weight is 490 g/mol. The molecule has 36 heavy (non-hydrogen) atoms. The summed E-state index contributed by atoms with van der Waals surface area (Å²) in [5.74, 6) is 0.603. The third kappa shape index (κ3) is 4.15. The number of carbonyl (C=O) groups is 1. The van der Waals surface area contributed by atoms with Crippen molar-refractivity contribution in [2.24, 2.45) is 0 Å². The van der Waals surface area contributed by atoms with Gasteiger partial charge in [-0.1, -0.05) is 0 Å². The topological polar surface area (TPSA) is 127 Å². The van der Waals surface area contributed by atoms with Gasteiger partial charge in [-0.05, 0) is 24.3 Å². The van der Waals surface area contributed by atoms with Crippen molar-refractivity contribution in [3.63, 3.8) is 0 Å². The van der Waals surface area contributed by atoms with Gasteiger partial charge in [0.05, 0.1) is 31.1 Å². The molecule has 4 aromatic rings. The molecule has 0 radical (unpaired) electrons. The number of nitrogens with one attached hydrogen (secondary N) is 1. The first kappa shape index (κ1) is 22.2. The number of urea groups is 1. The highest BCUT2D eigenvalue weighted by Gasteiger charge is 2.28. The van der Waals surface area contributed by atoms with E-state index in [0.717, 1.165) is 28.4 Å². The van der Waals surface area contributed by atoms with Crippen LogP contribution >= 0.6 is 0 Å². The molecule has 0 aliphatic carbocycles. The number of benzene rings is 1. The van der Waals surface area contributed by atoms with Gasteiger partial charge in [0.1, 0.15) is 5.82 Å². The largest absolute Gasteiger partial charge is 0.378 e. The minimum Gasteiger partial charge on any atom is -0.378 e. The molecule has 12 heteroatoms. The molecule has 11 nitrogen and oxygen atoms in total. The van der Waals surface area contributed by atoms with Crippen molar-refractivity contribution in [1.82, 2.24) is 29.2 Å². The minimum absolute atomic E-state index is 0.201. The van der Waals surface area contributed by atoms with Crippen LogP contribution in [0.2, 0.25) is 0 Å². The van der Waals surface area contributed by atoms with Crippen LogP contribution in [0.1, 0.15) is 11.4 Å². The number of hydrogen-bond acceptors (Lipinski definition) is 8. The summed E-state index contributed by atoms with van der Waals surface area (Å²) in [6.07, 6.45) is 5.88. The van der Waals surface area contributed by atoms with Gasteiger partial charge < -0.3 is 25.6 Å². The summed E-state index contributed by atoms with van der Waals surface area (Å²) >= 11 is 0. The zero-order valence-corrected chi connectivity index (χ0v) is 19.4. The van der Waals surface area contributed by atoms with Crippen molar-refractivity contribution < 1.29 is 13.9 Å². The van der Waals surface area contributed by atoms with E-state index in [2.05, 4.69) is 24.6 Å². The van der Waals surface area contributed by atoms with E-state index in [9.17, 15) is 9.18 Å². The Morgan fingerprint density at radius 3 is 2.56 bits per heavy atom. The molecule has 5 heterocycles. The maximum absolute atomic E-state index is 13.2. The first-order valence-electron chi connectivity index (χ1n) is 11.7. The zero-order valence-electron chi connectivity index (χ0n) is 19.4. The lowest BCUT2D eigenvalue weighted by Gasteiger charge is -2.28. The van der Waals surface area contributed by atoms with Crippen LogP contribution in [-0.2, 0) is 17.7 Å². The number of hydrogen-bond donors (Lipinski definition) is 2. The van der Waals surface area contributed by atoms with Crippen LogP contribution in [0.3, 0.4) is 0 Å². The van der Waals surface area contributed by atoms with Gasteiger partial charge in [-0.15, -0.1) is 0 Å². The Kier molecular flexibility index (Phi) is 5.56. The number of fused-ring (bicyclic) bond motifs is 3. The number of morpholine rings is 1. The first-order valence-corrected chi connectivity index (χ1v) is 11.7. The van der Waals surface area contributed by atoms with E-state index in [-0.39, 0.29) is 17.8 Å². The highest BCUT2D eigenvalue weighted by Crippen LogP contribution is 2.30. The van der Waals surface area contributed by atoms with E-state index in [1.807, 2.05) is 6.20 Å². The number of nitrogens with zero attached hydrogens (tertiary/aromatic N) is 7. The number of rotatable bonds is 3. The lowest BCUT2D eigenvalue weighted by Crippen LogP contribution is -2.39. The molecule has 0 unspecified atom stereocenters. The second-order valence-corrected chi connectivity index (χ2v) is 8.69. The smallest absolute Gasteiger partial charge is 0.322 e. The van der Waals surface area contributed by atoms with Crippen LogP contribution < -0.4 is 16.0 Å². The van der Waals surface area contributed by atoms with Gasteiger partial charge >= 0.3 is 6.03 Å². The fraction of sp³-hybridized carbons (Fsp3) is 0.292. The molecule has 0 bridgehead atoms. The van der Waals surface area contributed by atoms with Crippen LogP contribution in [0, 0.1) is 5.82 Å². The summed E-state index contributed by atoms with van der Waals surface area (Å²) in [6, 6.07) is 5.45. The number of anilines is 3.